The number of alkyl halides is 1. The summed E-state index contributed by atoms with van der Waals surface area (Å²) in [6.45, 7) is 3.38. The topological polar surface area (TPSA) is 129 Å². The number of carbonyl (C=O) groups excluding carboxylic acids is 3. The van der Waals surface area contributed by atoms with E-state index in [1.165, 1.54) is 29.7 Å². The van der Waals surface area contributed by atoms with Crippen molar-refractivity contribution in [1.29, 1.82) is 0 Å². The minimum Gasteiger partial charge on any atom is -0.350 e. The van der Waals surface area contributed by atoms with Gasteiger partial charge >= 0.3 is 7.60 Å². The van der Waals surface area contributed by atoms with E-state index in [1.54, 1.807) is 13.8 Å². The van der Waals surface area contributed by atoms with Crippen LogP contribution in [-0.4, -0.2) is 55.6 Å². The number of likely N-dealkylation sites (tertiary alicyclic amines) is 1. The first-order chi connectivity index (χ1) is 19.7. The summed E-state index contributed by atoms with van der Waals surface area (Å²) in [5, 5.41) is 1.66. The number of amides is 2. The SMILES string of the molecule is CCc1c(F)c(P(=O)(O)O)cc2c1c(C(C)=O)c(CC)n2CC(=O)N1C[C@H](F)C[C@H]1C(=O)NCc1cccc(Cl)c1F. The van der Waals surface area contributed by atoms with E-state index in [9.17, 15) is 37.5 Å². The van der Waals surface area contributed by atoms with E-state index in [-0.39, 0.29) is 58.4 Å². The van der Waals surface area contributed by atoms with E-state index in [0.29, 0.717) is 5.69 Å². The summed E-state index contributed by atoms with van der Waals surface area (Å²) in [4.78, 5) is 60.1. The number of carbonyl (C=O) groups is 3. The maximum Gasteiger partial charge on any atom is 0.359 e. The van der Waals surface area contributed by atoms with Crippen LogP contribution in [0.25, 0.3) is 10.9 Å². The summed E-state index contributed by atoms with van der Waals surface area (Å²) < 4.78 is 57.7. The Balaban J connectivity index is 1.73. The van der Waals surface area contributed by atoms with Gasteiger partial charge in [-0.3, -0.25) is 18.9 Å². The van der Waals surface area contributed by atoms with Crippen LogP contribution >= 0.6 is 19.2 Å². The predicted octanol–water partition coefficient (Wildman–Crippen LogP) is 3.96. The Morgan fingerprint density at radius 2 is 1.83 bits per heavy atom. The number of aryl methyl sites for hydroxylation is 1. The molecule has 0 unspecified atom stereocenters. The van der Waals surface area contributed by atoms with Gasteiger partial charge in [-0.1, -0.05) is 37.6 Å². The Labute approximate surface area is 244 Å². The van der Waals surface area contributed by atoms with Crippen LogP contribution in [0.4, 0.5) is 13.2 Å². The summed E-state index contributed by atoms with van der Waals surface area (Å²) in [5.41, 5.74) is 0.543. The van der Waals surface area contributed by atoms with Crippen LogP contribution in [0.1, 0.15) is 54.4 Å². The molecule has 0 aliphatic carbocycles. The fourth-order valence-electron chi connectivity index (χ4n) is 5.59. The first-order valence-electron chi connectivity index (χ1n) is 13.3. The summed E-state index contributed by atoms with van der Waals surface area (Å²) >= 11 is 5.79. The monoisotopic (exact) mass is 627 g/mol. The van der Waals surface area contributed by atoms with E-state index in [2.05, 4.69) is 5.32 Å². The highest BCUT2D eigenvalue weighted by Crippen LogP contribution is 2.40. The third-order valence-electron chi connectivity index (χ3n) is 7.48. The molecule has 2 amide bonds. The molecule has 9 nitrogen and oxygen atoms in total. The average molecular weight is 628 g/mol. The molecule has 1 aliphatic rings. The van der Waals surface area contributed by atoms with E-state index in [0.717, 1.165) is 11.0 Å². The van der Waals surface area contributed by atoms with Crippen molar-refractivity contribution in [2.75, 3.05) is 6.54 Å². The summed E-state index contributed by atoms with van der Waals surface area (Å²) in [6.07, 6.45) is -1.61. The van der Waals surface area contributed by atoms with Gasteiger partial charge in [-0.25, -0.2) is 13.2 Å². The van der Waals surface area contributed by atoms with Crippen molar-refractivity contribution in [1.82, 2.24) is 14.8 Å². The van der Waals surface area contributed by atoms with Gasteiger partial charge in [-0.15, -0.1) is 0 Å². The smallest absolute Gasteiger partial charge is 0.350 e. The lowest BCUT2D eigenvalue weighted by atomic mass is 9.99. The lowest BCUT2D eigenvalue weighted by Crippen LogP contribution is -2.46. The van der Waals surface area contributed by atoms with E-state index in [4.69, 9.17) is 11.6 Å². The van der Waals surface area contributed by atoms with Gasteiger partial charge in [-0.2, -0.15) is 0 Å². The fraction of sp³-hybridized carbons (Fsp3) is 0.393. The lowest BCUT2D eigenvalue weighted by Gasteiger charge is -2.25. The van der Waals surface area contributed by atoms with Crippen LogP contribution in [0.2, 0.25) is 5.02 Å². The molecule has 1 aromatic heterocycles. The van der Waals surface area contributed by atoms with Gasteiger partial charge in [0.05, 0.1) is 17.1 Å². The van der Waals surface area contributed by atoms with Crippen LogP contribution in [0.3, 0.4) is 0 Å². The number of hydrogen-bond donors (Lipinski definition) is 3. The number of aromatic nitrogens is 1. The molecule has 0 radical (unpaired) electrons. The number of rotatable bonds is 9. The third kappa shape index (κ3) is 5.86. The predicted molar refractivity (Wildman–Crippen MR) is 151 cm³/mol. The molecule has 1 fully saturated rings. The van der Waals surface area contributed by atoms with Crippen LogP contribution in [0.15, 0.2) is 24.3 Å². The molecular formula is C28H30ClF3N3O6P. The lowest BCUT2D eigenvalue weighted by molar-refractivity contribution is -0.139. The van der Waals surface area contributed by atoms with E-state index in [1.807, 2.05) is 0 Å². The number of ketones is 1. The molecule has 2 heterocycles. The highest BCUT2D eigenvalue weighted by atomic mass is 35.5. The zero-order chi connectivity index (χ0) is 31.1. The van der Waals surface area contributed by atoms with Crippen LogP contribution in [-0.2, 0) is 40.1 Å². The minimum absolute atomic E-state index is 0.00267. The van der Waals surface area contributed by atoms with Gasteiger partial charge in [0.25, 0.3) is 0 Å². The zero-order valence-electron chi connectivity index (χ0n) is 23.1. The zero-order valence-corrected chi connectivity index (χ0v) is 24.7. The molecule has 0 spiro atoms. The van der Waals surface area contributed by atoms with Gasteiger partial charge < -0.3 is 24.6 Å². The Kier molecular flexibility index (Phi) is 9.22. The second kappa shape index (κ2) is 12.2. The molecular weight excluding hydrogens is 598 g/mol. The Hall–Kier alpha value is -3.18. The molecule has 4 rings (SSSR count). The van der Waals surface area contributed by atoms with Crippen molar-refractivity contribution in [2.24, 2.45) is 0 Å². The van der Waals surface area contributed by atoms with Crippen LogP contribution < -0.4 is 10.6 Å². The Morgan fingerprint density at radius 3 is 2.43 bits per heavy atom. The molecule has 226 valence electrons. The maximum absolute atomic E-state index is 15.3. The van der Waals surface area contributed by atoms with Crippen LogP contribution in [0, 0.1) is 11.6 Å². The second-order valence-electron chi connectivity index (χ2n) is 10.1. The molecule has 1 saturated heterocycles. The van der Waals surface area contributed by atoms with Crippen molar-refractivity contribution in [3.8, 4) is 0 Å². The van der Waals surface area contributed by atoms with Gasteiger partial charge in [0, 0.05) is 35.2 Å². The molecule has 3 N–H and O–H groups in total. The largest absolute Gasteiger partial charge is 0.359 e. The average Bonchev–Trinajstić information content (AvgIpc) is 3.46. The van der Waals surface area contributed by atoms with Gasteiger partial charge in [0.15, 0.2) is 5.78 Å². The van der Waals surface area contributed by atoms with Crippen molar-refractivity contribution in [2.45, 2.75) is 65.3 Å². The molecule has 1 aliphatic heterocycles. The number of halogens is 4. The van der Waals surface area contributed by atoms with Crippen molar-refractivity contribution < 1.29 is 41.9 Å². The van der Waals surface area contributed by atoms with E-state index >= 15 is 4.39 Å². The number of fused-ring (bicyclic) bond motifs is 1. The Morgan fingerprint density at radius 1 is 1.14 bits per heavy atom. The standard InChI is InChI=1S/C28H30ClF3N3O6P/c1-4-17-25-20(10-22(27(17)32)42(39,40)41)34(19(5-2)24(25)14(3)36)13-23(37)35-12-16(30)9-21(35)28(38)33-11-15-7-6-8-18(29)26(15)31/h6-8,10,16,21H,4-5,9,11-13H2,1-3H3,(H,33,38)(H2,39,40,41)/t16-,21+/m1/s1. The number of nitrogens with zero attached hydrogens (tertiary/aromatic N) is 2. The molecule has 0 saturated carbocycles. The summed E-state index contributed by atoms with van der Waals surface area (Å²) in [5.74, 6) is -3.69. The molecule has 0 bridgehead atoms. The van der Waals surface area contributed by atoms with Crippen molar-refractivity contribution in [3.05, 3.63) is 63.3 Å². The molecule has 2 aromatic carbocycles. The van der Waals surface area contributed by atoms with Crippen LogP contribution in [0.5, 0.6) is 0 Å². The number of Topliss-reactive ketones (excluding diaryl/α,β-unsaturated/α-hetero) is 1. The normalized spacial score (nSPS) is 17.2. The molecule has 2 atom stereocenters. The first-order valence-corrected chi connectivity index (χ1v) is 15.3. The molecule has 42 heavy (non-hydrogen) atoms. The van der Waals surface area contributed by atoms with Crippen molar-refractivity contribution >= 4 is 53.0 Å². The third-order valence-corrected chi connectivity index (χ3v) is 8.73. The molecule has 3 aromatic rings. The Bertz CT molecular complexity index is 1640. The van der Waals surface area contributed by atoms with Gasteiger partial charge in [0.1, 0.15) is 35.7 Å². The van der Waals surface area contributed by atoms with Gasteiger partial charge in [-0.05, 0) is 37.5 Å². The highest BCUT2D eigenvalue weighted by Gasteiger charge is 2.40. The first kappa shape index (κ1) is 31.7. The maximum atomic E-state index is 15.3. The summed E-state index contributed by atoms with van der Waals surface area (Å²) in [7, 11) is -5.09. The molecule has 14 heteroatoms. The van der Waals surface area contributed by atoms with Crippen molar-refractivity contribution in [3.63, 3.8) is 0 Å². The highest BCUT2D eigenvalue weighted by molar-refractivity contribution is 7.60. The number of benzene rings is 2. The quantitative estimate of drug-likeness (QED) is 0.243. The van der Waals surface area contributed by atoms with E-state index < -0.39 is 67.4 Å². The fourth-order valence-corrected chi connectivity index (χ4v) is 6.47. The number of hydrogen-bond acceptors (Lipinski definition) is 4. The minimum atomic E-state index is -5.09. The number of nitrogens with one attached hydrogen (secondary N) is 1. The summed E-state index contributed by atoms with van der Waals surface area (Å²) in [6, 6.07) is 4.00. The van der Waals surface area contributed by atoms with Gasteiger partial charge in [0.2, 0.25) is 11.8 Å². The second-order valence-corrected chi connectivity index (χ2v) is 12.1.